The summed E-state index contributed by atoms with van der Waals surface area (Å²) in [5, 5.41) is 8.70. The van der Waals surface area contributed by atoms with Gasteiger partial charge in [-0.2, -0.15) is 0 Å². The third-order valence-electron chi connectivity index (χ3n) is 1.92. The number of carboxylic acid groups (broad SMARTS) is 1. The fraction of sp³-hybridized carbons (Fsp3) is 0.364. The summed E-state index contributed by atoms with van der Waals surface area (Å²) in [6.07, 6.45) is -0.0423. The molecule has 82 valence electrons. The zero-order chi connectivity index (χ0) is 11.3. The lowest BCUT2D eigenvalue weighted by Crippen LogP contribution is -2.04. The number of carbonyl (C=O) groups is 1. The third kappa shape index (κ3) is 3.16. The highest BCUT2D eigenvalue weighted by molar-refractivity contribution is 5.71. The fourth-order valence-corrected chi connectivity index (χ4v) is 1.26. The molecule has 0 spiro atoms. The second-order valence-electron chi connectivity index (χ2n) is 2.98. The maximum absolute atomic E-state index is 10.6. The molecule has 0 amide bonds. The van der Waals surface area contributed by atoms with Gasteiger partial charge in [0.1, 0.15) is 11.5 Å². The largest absolute Gasteiger partial charge is 0.497 e. The lowest BCUT2D eigenvalue weighted by molar-refractivity contribution is -0.136. The van der Waals surface area contributed by atoms with Gasteiger partial charge in [-0.15, -0.1) is 0 Å². The van der Waals surface area contributed by atoms with Gasteiger partial charge in [0.15, 0.2) is 0 Å². The van der Waals surface area contributed by atoms with Crippen LogP contribution in [0.5, 0.6) is 11.5 Å². The Morgan fingerprint density at radius 3 is 2.73 bits per heavy atom. The van der Waals surface area contributed by atoms with Crippen LogP contribution in [-0.4, -0.2) is 24.8 Å². The second kappa shape index (κ2) is 5.24. The summed E-state index contributed by atoms with van der Waals surface area (Å²) in [6, 6.07) is 5.13. The Morgan fingerprint density at radius 2 is 2.20 bits per heavy atom. The molecular formula is C11H14O4. The number of hydrogen-bond acceptors (Lipinski definition) is 3. The lowest BCUT2D eigenvalue weighted by Gasteiger charge is -2.10. The van der Waals surface area contributed by atoms with Gasteiger partial charge in [0.2, 0.25) is 0 Å². The number of aliphatic carboxylic acids is 1. The van der Waals surface area contributed by atoms with E-state index in [4.69, 9.17) is 14.6 Å². The molecule has 0 saturated heterocycles. The normalized spacial score (nSPS) is 9.73. The van der Waals surface area contributed by atoms with Crippen molar-refractivity contribution in [2.45, 2.75) is 13.3 Å². The smallest absolute Gasteiger partial charge is 0.307 e. The second-order valence-corrected chi connectivity index (χ2v) is 2.98. The molecule has 1 aromatic rings. The first-order valence-corrected chi connectivity index (χ1v) is 4.69. The molecule has 0 unspecified atom stereocenters. The van der Waals surface area contributed by atoms with Crippen LogP contribution in [0, 0.1) is 0 Å². The molecule has 0 heterocycles. The average molecular weight is 210 g/mol. The van der Waals surface area contributed by atoms with E-state index in [1.807, 2.05) is 6.92 Å². The van der Waals surface area contributed by atoms with E-state index in [0.29, 0.717) is 23.7 Å². The first-order valence-electron chi connectivity index (χ1n) is 4.69. The molecule has 0 aromatic heterocycles. The van der Waals surface area contributed by atoms with Gasteiger partial charge in [-0.05, 0) is 13.0 Å². The summed E-state index contributed by atoms with van der Waals surface area (Å²) in [6.45, 7) is 2.35. The van der Waals surface area contributed by atoms with Crippen molar-refractivity contribution in [1.29, 1.82) is 0 Å². The van der Waals surface area contributed by atoms with E-state index in [1.54, 1.807) is 25.3 Å². The van der Waals surface area contributed by atoms with E-state index < -0.39 is 5.97 Å². The summed E-state index contributed by atoms with van der Waals surface area (Å²) < 4.78 is 10.4. The summed E-state index contributed by atoms with van der Waals surface area (Å²) in [5.41, 5.74) is 0.658. The summed E-state index contributed by atoms with van der Waals surface area (Å²) in [4.78, 5) is 10.6. The minimum absolute atomic E-state index is 0.0423. The highest BCUT2D eigenvalue weighted by atomic mass is 16.5. The molecular weight excluding hydrogens is 196 g/mol. The number of hydrogen-bond donors (Lipinski definition) is 1. The SMILES string of the molecule is CCOc1cc(OC)ccc1CC(=O)O. The molecule has 15 heavy (non-hydrogen) atoms. The van der Waals surface area contributed by atoms with Crippen molar-refractivity contribution in [3.63, 3.8) is 0 Å². The Morgan fingerprint density at radius 1 is 1.47 bits per heavy atom. The number of benzene rings is 1. The van der Waals surface area contributed by atoms with Crippen molar-refractivity contribution in [2.75, 3.05) is 13.7 Å². The molecule has 4 nitrogen and oxygen atoms in total. The van der Waals surface area contributed by atoms with Crippen LogP contribution in [0.1, 0.15) is 12.5 Å². The van der Waals surface area contributed by atoms with Crippen LogP contribution in [0.25, 0.3) is 0 Å². The first kappa shape index (κ1) is 11.4. The van der Waals surface area contributed by atoms with Gasteiger partial charge < -0.3 is 14.6 Å². The summed E-state index contributed by atoms with van der Waals surface area (Å²) >= 11 is 0. The molecule has 0 bridgehead atoms. The van der Waals surface area contributed by atoms with Gasteiger partial charge >= 0.3 is 5.97 Å². The highest BCUT2D eigenvalue weighted by Gasteiger charge is 2.08. The van der Waals surface area contributed by atoms with Crippen LogP contribution < -0.4 is 9.47 Å². The van der Waals surface area contributed by atoms with Crippen molar-refractivity contribution in [1.82, 2.24) is 0 Å². The van der Waals surface area contributed by atoms with E-state index in [-0.39, 0.29) is 6.42 Å². The molecule has 0 aliphatic rings. The van der Waals surface area contributed by atoms with E-state index in [2.05, 4.69) is 0 Å². The molecule has 1 rings (SSSR count). The van der Waals surface area contributed by atoms with Crippen LogP contribution in [0.15, 0.2) is 18.2 Å². The number of rotatable bonds is 5. The van der Waals surface area contributed by atoms with Crippen molar-refractivity contribution >= 4 is 5.97 Å². The average Bonchev–Trinajstić information content (AvgIpc) is 2.20. The van der Waals surface area contributed by atoms with Gasteiger partial charge in [0.25, 0.3) is 0 Å². The van der Waals surface area contributed by atoms with Gasteiger partial charge in [-0.1, -0.05) is 6.07 Å². The van der Waals surface area contributed by atoms with Crippen LogP contribution >= 0.6 is 0 Å². The standard InChI is InChI=1S/C11H14O4/c1-3-15-10-7-9(14-2)5-4-8(10)6-11(12)13/h4-5,7H,3,6H2,1-2H3,(H,12,13). The van der Waals surface area contributed by atoms with E-state index in [9.17, 15) is 4.79 Å². The van der Waals surface area contributed by atoms with Gasteiger partial charge in [-0.25, -0.2) is 0 Å². The predicted molar refractivity (Wildman–Crippen MR) is 55.5 cm³/mol. The zero-order valence-electron chi connectivity index (χ0n) is 8.82. The molecule has 0 fully saturated rings. The minimum Gasteiger partial charge on any atom is -0.497 e. The number of ether oxygens (including phenoxy) is 2. The molecule has 0 aliphatic carbocycles. The van der Waals surface area contributed by atoms with E-state index in [1.165, 1.54) is 0 Å². The first-order chi connectivity index (χ1) is 7.17. The maximum Gasteiger partial charge on any atom is 0.307 e. The van der Waals surface area contributed by atoms with Gasteiger partial charge in [0, 0.05) is 11.6 Å². The van der Waals surface area contributed by atoms with Crippen LogP contribution in [0.3, 0.4) is 0 Å². The molecule has 0 radical (unpaired) electrons. The van der Waals surface area contributed by atoms with Crippen molar-refractivity contribution < 1.29 is 19.4 Å². The molecule has 1 N–H and O–H groups in total. The Labute approximate surface area is 88.4 Å². The van der Waals surface area contributed by atoms with Crippen molar-refractivity contribution in [3.05, 3.63) is 23.8 Å². The monoisotopic (exact) mass is 210 g/mol. The Kier molecular flexibility index (Phi) is 3.97. The Hall–Kier alpha value is -1.71. The third-order valence-corrected chi connectivity index (χ3v) is 1.92. The molecule has 0 aliphatic heterocycles. The van der Waals surface area contributed by atoms with Crippen LogP contribution in [-0.2, 0) is 11.2 Å². The summed E-state index contributed by atoms with van der Waals surface area (Å²) in [5.74, 6) is 0.355. The van der Waals surface area contributed by atoms with Gasteiger partial charge in [-0.3, -0.25) is 4.79 Å². The number of methoxy groups -OCH3 is 1. The van der Waals surface area contributed by atoms with Gasteiger partial charge in [0.05, 0.1) is 20.1 Å². The number of carboxylic acids is 1. The quantitative estimate of drug-likeness (QED) is 0.804. The topological polar surface area (TPSA) is 55.8 Å². The molecule has 4 heteroatoms. The van der Waals surface area contributed by atoms with Crippen LogP contribution in [0.4, 0.5) is 0 Å². The lowest BCUT2D eigenvalue weighted by atomic mass is 10.1. The van der Waals surface area contributed by atoms with E-state index in [0.717, 1.165) is 0 Å². The maximum atomic E-state index is 10.6. The highest BCUT2D eigenvalue weighted by Crippen LogP contribution is 2.25. The Bertz CT molecular complexity index is 346. The van der Waals surface area contributed by atoms with Crippen molar-refractivity contribution in [2.24, 2.45) is 0 Å². The molecule has 0 saturated carbocycles. The Balaban J connectivity index is 2.97. The summed E-state index contributed by atoms with van der Waals surface area (Å²) in [7, 11) is 1.56. The van der Waals surface area contributed by atoms with Crippen LogP contribution in [0.2, 0.25) is 0 Å². The fourth-order valence-electron chi connectivity index (χ4n) is 1.26. The molecule has 1 aromatic carbocycles. The molecule has 0 atom stereocenters. The minimum atomic E-state index is -0.874. The van der Waals surface area contributed by atoms with Crippen molar-refractivity contribution in [3.8, 4) is 11.5 Å². The predicted octanol–water partition coefficient (Wildman–Crippen LogP) is 1.72. The van der Waals surface area contributed by atoms with E-state index >= 15 is 0 Å². The zero-order valence-corrected chi connectivity index (χ0v) is 8.82.